The van der Waals surface area contributed by atoms with Crippen LogP contribution in [0, 0.1) is 0 Å². The lowest BCUT2D eigenvalue weighted by Gasteiger charge is -2.26. The number of fused-ring (bicyclic) bond motifs is 2. The number of amides is 1. The largest absolute Gasteiger partial charge is 0.310 e. The molecule has 0 aliphatic carbocycles. The van der Waals surface area contributed by atoms with E-state index in [-0.39, 0.29) is 18.3 Å². The smallest absolute Gasteiger partial charge is 0.277 e. The van der Waals surface area contributed by atoms with Crippen LogP contribution in [0.1, 0.15) is 16.7 Å². The first-order valence-corrected chi connectivity index (χ1v) is 9.10. The first-order valence-electron chi connectivity index (χ1n) is 7.59. The molecule has 2 aromatic rings. The van der Waals surface area contributed by atoms with Crippen LogP contribution in [0.2, 0.25) is 0 Å². The number of halogens is 1. The monoisotopic (exact) mass is 380 g/mol. The van der Waals surface area contributed by atoms with Gasteiger partial charge in [-0.2, -0.15) is 12.7 Å². The van der Waals surface area contributed by atoms with Crippen molar-refractivity contribution in [2.24, 2.45) is 5.14 Å². The highest BCUT2D eigenvalue weighted by Gasteiger charge is 2.25. The van der Waals surface area contributed by atoms with E-state index in [1.165, 1.54) is 4.31 Å². The van der Waals surface area contributed by atoms with Crippen molar-refractivity contribution in [1.82, 2.24) is 9.29 Å². The average molecular weight is 381 g/mol. The minimum Gasteiger partial charge on any atom is -0.310 e. The molecule has 0 fully saturated rings. The number of carbonyl (C=O) groups is 1. The molecule has 1 aromatic carbocycles. The van der Waals surface area contributed by atoms with E-state index >= 15 is 0 Å². The number of benzene rings is 1. The van der Waals surface area contributed by atoms with Gasteiger partial charge in [-0.15, -0.1) is 12.4 Å². The van der Waals surface area contributed by atoms with Crippen molar-refractivity contribution >= 4 is 34.3 Å². The molecule has 0 saturated heterocycles. The van der Waals surface area contributed by atoms with Gasteiger partial charge in [0.25, 0.3) is 10.2 Å². The van der Waals surface area contributed by atoms with Gasteiger partial charge in [-0.05, 0) is 34.7 Å². The van der Waals surface area contributed by atoms with E-state index in [1.807, 2.05) is 18.2 Å². The quantitative estimate of drug-likeness (QED) is 0.817. The lowest BCUT2D eigenvalue weighted by Crippen LogP contribution is -2.40. The Kier molecular flexibility index (Phi) is 4.54. The Morgan fingerprint density at radius 3 is 2.76 bits per heavy atom. The van der Waals surface area contributed by atoms with Crippen LogP contribution in [0.3, 0.4) is 0 Å². The molecule has 0 unspecified atom stereocenters. The summed E-state index contributed by atoms with van der Waals surface area (Å²) >= 11 is 0. The van der Waals surface area contributed by atoms with Gasteiger partial charge in [0, 0.05) is 24.8 Å². The van der Waals surface area contributed by atoms with Crippen LogP contribution < -0.4 is 10.5 Å². The van der Waals surface area contributed by atoms with Crippen molar-refractivity contribution < 1.29 is 13.2 Å². The minimum absolute atomic E-state index is 0. The van der Waals surface area contributed by atoms with Gasteiger partial charge in [0.1, 0.15) is 5.82 Å². The molecular formula is C16H17ClN4O3S. The summed E-state index contributed by atoms with van der Waals surface area (Å²) in [5, 5.41) is 7.97. The van der Waals surface area contributed by atoms with E-state index in [0.29, 0.717) is 31.7 Å². The molecule has 0 atom stereocenters. The Balaban J connectivity index is 0.00000182. The van der Waals surface area contributed by atoms with Gasteiger partial charge < -0.3 is 5.32 Å². The van der Waals surface area contributed by atoms with E-state index in [4.69, 9.17) is 5.14 Å². The lowest BCUT2D eigenvalue weighted by molar-refractivity contribution is -0.115. The highest BCUT2D eigenvalue weighted by Crippen LogP contribution is 2.33. The number of carbonyl (C=O) groups excluding carboxylic acids is 1. The average Bonchev–Trinajstić information content (AvgIpc) is 2.93. The highest BCUT2D eigenvalue weighted by molar-refractivity contribution is 7.86. The van der Waals surface area contributed by atoms with Gasteiger partial charge in [-0.3, -0.25) is 4.79 Å². The number of nitrogens with two attached hydrogens (primary N) is 1. The summed E-state index contributed by atoms with van der Waals surface area (Å²) in [4.78, 5) is 15.8. The minimum atomic E-state index is -3.67. The van der Waals surface area contributed by atoms with E-state index in [2.05, 4.69) is 16.4 Å². The SMILES string of the molecule is Cl.NS(=O)(=O)N1CCc2cc(-c3ccnc4c3CC(=O)N4)ccc2C1. The molecule has 0 saturated carbocycles. The molecule has 0 bridgehead atoms. The second kappa shape index (κ2) is 6.38. The van der Waals surface area contributed by atoms with Gasteiger partial charge in [0.05, 0.1) is 6.42 Å². The first kappa shape index (κ1) is 17.8. The number of pyridine rings is 1. The van der Waals surface area contributed by atoms with Crippen LogP contribution in [-0.2, 0) is 34.4 Å². The van der Waals surface area contributed by atoms with Crippen LogP contribution in [-0.4, -0.2) is 30.2 Å². The van der Waals surface area contributed by atoms with E-state index < -0.39 is 10.2 Å². The van der Waals surface area contributed by atoms with Gasteiger partial charge in [0.2, 0.25) is 5.91 Å². The maximum Gasteiger partial charge on any atom is 0.277 e. The molecule has 4 rings (SSSR count). The molecule has 3 heterocycles. The Labute approximate surface area is 151 Å². The maximum absolute atomic E-state index is 11.6. The lowest BCUT2D eigenvalue weighted by atomic mass is 9.93. The fourth-order valence-corrected chi connectivity index (χ4v) is 3.96. The van der Waals surface area contributed by atoms with E-state index in [0.717, 1.165) is 27.8 Å². The molecule has 0 spiro atoms. The predicted molar refractivity (Wildman–Crippen MR) is 96.5 cm³/mol. The third kappa shape index (κ3) is 3.25. The van der Waals surface area contributed by atoms with Crippen LogP contribution >= 0.6 is 12.4 Å². The topological polar surface area (TPSA) is 105 Å². The Hall–Kier alpha value is -2.00. The molecular weight excluding hydrogens is 364 g/mol. The predicted octanol–water partition coefficient (Wildman–Crippen LogP) is 1.23. The molecule has 7 nitrogen and oxygen atoms in total. The zero-order chi connectivity index (χ0) is 16.9. The Morgan fingerprint density at radius 2 is 2.00 bits per heavy atom. The molecule has 3 N–H and O–H groups in total. The van der Waals surface area contributed by atoms with Crippen molar-refractivity contribution in [3.8, 4) is 11.1 Å². The normalized spacial score (nSPS) is 16.6. The number of rotatable bonds is 2. The third-order valence-electron chi connectivity index (χ3n) is 4.51. The summed E-state index contributed by atoms with van der Waals surface area (Å²) in [6, 6.07) is 7.84. The summed E-state index contributed by atoms with van der Waals surface area (Å²) in [5.74, 6) is 0.572. The molecule has 1 aromatic heterocycles. The van der Waals surface area contributed by atoms with Crippen LogP contribution in [0.4, 0.5) is 5.82 Å². The molecule has 1 amide bonds. The number of nitrogens with zero attached hydrogens (tertiary/aromatic N) is 2. The van der Waals surface area contributed by atoms with Crippen LogP contribution in [0.5, 0.6) is 0 Å². The summed E-state index contributed by atoms with van der Waals surface area (Å²) in [6.07, 6.45) is 2.63. The summed E-state index contributed by atoms with van der Waals surface area (Å²) < 4.78 is 24.3. The number of anilines is 1. The van der Waals surface area contributed by atoms with E-state index in [1.54, 1.807) is 6.20 Å². The first-order chi connectivity index (χ1) is 11.4. The van der Waals surface area contributed by atoms with Gasteiger partial charge in [0.15, 0.2) is 0 Å². The van der Waals surface area contributed by atoms with Crippen molar-refractivity contribution in [1.29, 1.82) is 0 Å². The Bertz CT molecular complexity index is 962. The fraction of sp³-hybridized carbons (Fsp3) is 0.250. The number of aromatic nitrogens is 1. The molecule has 2 aliphatic rings. The van der Waals surface area contributed by atoms with Crippen LogP contribution in [0.25, 0.3) is 11.1 Å². The van der Waals surface area contributed by atoms with Crippen molar-refractivity contribution in [2.45, 2.75) is 19.4 Å². The Morgan fingerprint density at radius 1 is 1.20 bits per heavy atom. The van der Waals surface area contributed by atoms with Gasteiger partial charge >= 0.3 is 0 Å². The van der Waals surface area contributed by atoms with Gasteiger partial charge in [-0.25, -0.2) is 10.1 Å². The van der Waals surface area contributed by atoms with E-state index in [9.17, 15) is 13.2 Å². The molecule has 0 radical (unpaired) electrons. The van der Waals surface area contributed by atoms with Crippen molar-refractivity contribution in [2.75, 3.05) is 11.9 Å². The summed E-state index contributed by atoms with van der Waals surface area (Å²) in [5.41, 5.74) is 4.96. The zero-order valence-corrected chi connectivity index (χ0v) is 14.9. The molecule has 2 aliphatic heterocycles. The second-order valence-corrected chi connectivity index (χ2v) is 7.57. The second-order valence-electron chi connectivity index (χ2n) is 6.02. The van der Waals surface area contributed by atoms with Crippen molar-refractivity contribution in [3.63, 3.8) is 0 Å². The van der Waals surface area contributed by atoms with Crippen molar-refractivity contribution in [3.05, 3.63) is 47.2 Å². The molecule has 9 heteroatoms. The number of hydrogen-bond acceptors (Lipinski definition) is 4. The highest BCUT2D eigenvalue weighted by atomic mass is 35.5. The number of hydrogen-bond donors (Lipinski definition) is 2. The number of nitrogens with one attached hydrogen (secondary N) is 1. The van der Waals surface area contributed by atoms with Crippen LogP contribution in [0.15, 0.2) is 30.5 Å². The zero-order valence-electron chi connectivity index (χ0n) is 13.2. The fourth-order valence-electron chi connectivity index (χ4n) is 3.30. The standard InChI is InChI=1S/C16H16N4O3S.ClH/c17-24(22,23)20-6-4-10-7-11(1-2-12(10)9-20)13-3-5-18-16-14(13)8-15(21)19-16;/h1-3,5,7H,4,6,8-9H2,(H2,17,22,23)(H,18,19,21);1H. The summed E-state index contributed by atoms with van der Waals surface area (Å²) in [7, 11) is -3.67. The molecule has 132 valence electrons. The summed E-state index contributed by atoms with van der Waals surface area (Å²) in [6.45, 7) is 0.673. The third-order valence-corrected chi connectivity index (χ3v) is 5.54. The maximum atomic E-state index is 11.6. The molecule has 25 heavy (non-hydrogen) atoms. The van der Waals surface area contributed by atoms with Gasteiger partial charge in [-0.1, -0.05) is 18.2 Å².